The number of amides is 2. The molecule has 0 bridgehead atoms. The Morgan fingerprint density at radius 1 is 1.16 bits per heavy atom. The molecule has 0 saturated heterocycles. The lowest BCUT2D eigenvalue weighted by molar-refractivity contribution is -0.141. The number of nitrogens with two attached hydrogens (primary N) is 1. The number of hydrogen-bond donors (Lipinski definition) is 6. The van der Waals surface area contributed by atoms with Gasteiger partial charge in [-0.05, 0) is 35.9 Å². The SMILES string of the molecule is NN=CNc1cccc(C(=O)NCC(=O)NC(Cc2cc(Cl)c(O)c(Cl)c2)C(=O)O)c1. The largest absolute Gasteiger partial charge is 0.505 e. The van der Waals surface area contributed by atoms with Gasteiger partial charge in [0.25, 0.3) is 5.91 Å². The maximum Gasteiger partial charge on any atom is 0.326 e. The Morgan fingerprint density at radius 2 is 1.84 bits per heavy atom. The maximum absolute atomic E-state index is 12.2. The number of nitrogens with one attached hydrogen (secondary N) is 3. The monoisotopic (exact) mass is 467 g/mol. The number of hydrogen-bond acceptors (Lipinski definition) is 6. The molecule has 10 nitrogen and oxygen atoms in total. The van der Waals surface area contributed by atoms with Crippen LogP contribution in [0.2, 0.25) is 10.0 Å². The summed E-state index contributed by atoms with van der Waals surface area (Å²) in [7, 11) is 0. The molecule has 2 rings (SSSR count). The Bertz CT molecular complexity index is 992. The van der Waals surface area contributed by atoms with E-state index in [-0.39, 0.29) is 27.8 Å². The number of carboxylic acid groups (broad SMARTS) is 1. The van der Waals surface area contributed by atoms with E-state index in [2.05, 4.69) is 21.1 Å². The second kappa shape index (κ2) is 11.0. The van der Waals surface area contributed by atoms with Crippen molar-refractivity contribution < 1.29 is 24.6 Å². The van der Waals surface area contributed by atoms with Gasteiger partial charge in [-0.1, -0.05) is 29.3 Å². The summed E-state index contributed by atoms with van der Waals surface area (Å²) in [5.41, 5.74) is 1.23. The van der Waals surface area contributed by atoms with Gasteiger partial charge in [-0.25, -0.2) is 4.79 Å². The molecule has 1 atom stereocenters. The van der Waals surface area contributed by atoms with Crippen molar-refractivity contribution in [2.45, 2.75) is 12.5 Å². The standard InChI is InChI=1S/C19H19Cl2N5O5/c20-13-4-10(5-14(21)17(13)28)6-15(19(30)31)26-16(27)8-23-18(29)11-2-1-3-12(7-11)24-9-25-22/h1-5,7,9,15,28H,6,8,22H2,(H,23,29)(H,24,25)(H,26,27)(H,30,31). The fourth-order valence-electron chi connectivity index (χ4n) is 2.54. The molecular formula is C19H19Cl2N5O5. The molecule has 164 valence electrons. The van der Waals surface area contributed by atoms with Gasteiger partial charge in [-0.3, -0.25) is 9.59 Å². The van der Waals surface area contributed by atoms with Gasteiger partial charge in [-0.15, -0.1) is 0 Å². The lowest BCUT2D eigenvalue weighted by Crippen LogP contribution is -2.46. The van der Waals surface area contributed by atoms with Crippen molar-refractivity contribution in [2.24, 2.45) is 10.9 Å². The van der Waals surface area contributed by atoms with Crippen LogP contribution in [0.15, 0.2) is 41.5 Å². The van der Waals surface area contributed by atoms with Crippen molar-refractivity contribution in [2.75, 3.05) is 11.9 Å². The molecule has 2 aromatic rings. The summed E-state index contributed by atoms with van der Waals surface area (Å²) in [6, 6.07) is 7.76. The van der Waals surface area contributed by atoms with Gasteiger partial charge in [0.2, 0.25) is 5.91 Å². The molecule has 0 aliphatic heterocycles. The van der Waals surface area contributed by atoms with Gasteiger partial charge in [0, 0.05) is 17.7 Å². The number of aliphatic carboxylic acids is 1. The van der Waals surface area contributed by atoms with Gasteiger partial charge in [0.15, 0.2) is 5.75 Å². The van der Waals surface area contributed by atoms with E-state index in [0.717, 1.165) is 0 Å². The maximum atomic E-state index is 12.2. The van der Waals surface area contributed by atoms with E-state index in [1.165, 1.54) is 30.6 Å². The molecule has 12 heteroatoms. The first-order chi connectivity index (χ1) is 14.7. The second-order valence-corrected chi connectivity index (χ2v) is 7.07. The van der Waals surface area contributed by atoms with E-state index in [1.807, 2.05) is 0 Å². The molecular weight excluding hydrogens is 449 g/mol. The third-order valence-electron chi connectivity index (χ3n) is 3.99. The first-order valence-corrected chi connectivity index (χ1v) is 9.52. The lowest BCUT2D eigenvalue weighted by atomic mass is 10.1. The van der Waals surface area contributed by atoms with Crippen molar-refractivity contribution >= 4 is 53.0 Å². The zero-order chi connectivity index (χ0) is 23.0. The van der Waals surface area contributed by atoms with Crippen LogP contribution in [0.5, 0.6) is 5.75 Å². The molecule has 0 aliphatic rings. The molecule has 0 heterocycles. The second-order valence-electron chi connectivity index (χ2n) is 6.26. The molecule has 0 spiro atoms. The third-order valence-corrected chi connectivity index (χ3v) is 4.57. The van der Waals surface area contributed by atoms with E-state index in [4.69, 9.17) is 29.0 Å². The number of carbonyl (C=O) groups excluding carboxylic acids is 2. The molecule has 2 amide bonds. The Morgan fingerprint density at radius 3 is 2.45 bits per heavy atom. The van der Waals surface area contributed by atoms with Crippen molar-refractivity contribution in [1.82, 2.24) is 10.6 Å². The molecule has 7 N–H and O–H groups in total. The molecule has 0 aromatic heterocycles. The summed E-state index contributed by atoms with van der Waals surface area (Å²) in [6.45, 7) is -0.443. The number of aromatic hydroxyl groups is 1. The van der Waals surface area contributed by atoms with Crippen LogP contribution >= 0.6 is 23.2 Å². The highest BCUT2D eigenvalue weighted by Gasteiger charge is 2.22. The van der Waals surface area contributed by atoms with Crippen molar-refractivity contribution in [3.63, 3.8) is 0 Å². The first-order valence-electron chi connectivity index (χ1n) is 8.76. The van der Waals surface area contributed by atoms with Gasteiger partial charge in [-0.2, -0.15) is 5.10 Å². The van der Waals surface area contributed by atoms with Crippen LogP contribution in [0.4, 0.5) is 5.69 Å². The van der Waals surface area contributed by atoms with Crippen LogP contribution in [-0.2, 0) is 16.0 Å². The average Bonchev–Trinajstić information content (AvgIpc) is 2.73. The topological polar surface area (TPSA) is 166 Å². The van der Waals surface area contributed by atoms with E-state index in [1.54, 1.807) is 12.1 Å². The Kier molecular flexibility index (Phi) is 8.47. The number of benzene rings is 2. The lowest BCUT2D eigenvalue weighted by Gasteiger charge is -2.16. The minimum atomic E-state index is -1.30. The quantitative estimate of drug-likeness (QED) is 0.141. The molecule has 0 radical (unpaired) electrons. The smallest absolute Gasteiger partial charge is 0.326 e. The molecule has 2 aromatic carbocycles. The molecule has 31 heavy (non-hydrogen) atoms. The highest BCUT2D eigenvalue weighted by Crippen LogP contribution is 2.33. The van der Waals surface area contributed by atoms with Crippen molar-refractivity contribution in [3.8, 4) is 5.75 Å². The van der Waals surface area contributed by atoms with Crippen LogP contribution in [0.25, 0.3) is 0 Å². The minimum Gasteiger partial charge on any atom is -0.505 e. The Labute approximate surface area is 187 Å². The Balaban J connectivity index is 1.96. The Hall–Kier alpha value is -3.50. The number of nitrogens with zero attached hydrogens (tertiary/aromatic N) is 1. The third kappa shape index (κ3) is 7.05. The van der Waals surface area contributed by atoms with Gasteiger partial charge in [0.05, 0.1) is 16.6 Å². The zero-order valence-corrected chi connectivity index (χ0v) is 17.4. The van der Waals surface area contributed by atoms with Crippen molar-refractivity contribution in [1.29, 1.82) is 0 Å². The number of rotatable bonds is 9. The number of hydrazone groups is 1. The number of anilines is 1. The number of phenols is 1. The summed E-state index contributed by atoms with van der Waals surface area (Å²) >= 11 is 11.7. The van der Waals surface area contributed by atoms with Crippen LogP contribution < -0.4 is 21.8 Å². The number of carbonyl (C=O) groups is 3. The van der Waals surface area contributed by atoms with Gasteiger partial charge >= 0.3 is 5.97 Å². The van der Waals surface area contributed by atoms with Gasteiger partial charge in [0.1, 0.15) is 12.4 Å². The van der Waals surface area contributed by atoms with E-state index in [9.17, 15) is 24.6 Å². The zero-order valence-electron chi connectivity index (χ0n) is 15.9. The normalized spacial score (nSPS) is 11.7. The highest BCUT2D eigenvalue weighted by atomic mass is 35.5. The van der Waals surface area contributed by atoms with E-state index >= 15 is 0 Å². The summed E-state index contributed by atoms with van der Waals surface area (Å²) in [5, 5.41) is 29.7. The molecule has 0 saturated carbocycles. The minimum absolute atomic E-state index is 0.0420. The summed E-state index contributed by atoms with van der Waals surface area (Å²) in [4.78, 5) is 35.9. The first kappa shape index (κ1) is 23.8. The fourth-order valence-corrected chi connectivity index (χ4v) is 3.07. The summed E-state index contributed by atoms with van der Waals surface area (Å²) in [5.74, 6) is 2.15. The van der Waals surface area contributed by atoms with E-state index in [0.29, 0.717) is 11.3 Å². The average molecular weight is 468 g/mol. The van der Waals surface area contributed by atoms with Crippen LogP contribution in [0.1, 0.15) is 15.9 Å². The molecule has 1 unspecified atom stereocenters. The van der Waals surface area contributed by atoms with Crippen LogP contribution in [-0.4, -0.2) is 46.9 Å². The van der Waals surface area contributed by atoms with E-state index < -0.39 is 30.4 Å². The van der Waals surface area contributed by atoms with Crippen LogP contribution in [0, 0.1) is 0 Å². The van der Waals surface area contributed by atoms with Crippen molar-refractivity contribution in [3.05, 3.63) is 57.6 Å². The van der Waals surface area contributed by atoms with Gasteiger partial charge < -0.3 is 32.0 Å². The summed E-state index contributed by atoms with van der Waals surface area (Å²) < 4.78 is 0. The summed E-state index contributed by atoms with van der Waals surface area (Å²) in [6.07, 6.45) is 1.11. The molecule has 0 aliphatic carbocycles. The number of phenolic OH excluding ortho intramolecular Hbond substituents is 1. The highest BCUT2D eigenvalue weighted by molar-refractivity contribution is 6.37. The predicted octanol–water partition coefficient (Wildman–Crippen LogP) is 1.55. The number of halogens is 2. The molecule has 0 fully saturated rings. The predicted molar refractivity (Wildman–Crippen MR) is 116 cm³/mol. The fraction of sp³-hybridized carbons (Fsp3) is 0.158. The number of carboxylic acids is 1. The van der Waals surface area contributed by atoms with Crippen LogP contribution in [0.3, 0.4) is 0 Å².